The Bertz CT molecular complexity index is 1340. The molecule has 0 aliphatic heterocycles. The number of nitrogens with one attached hydrogen (secondary N) is 1. The zero-order chi connectivity index (χ0) is 25.8. The maximum atomic E-state index is 14.1. The van der Waals surface area contributed by atoms with E-state index in [9.17, 15) is 13.6 Å². The zero-order valence-corrected chi connectivity index (χ0v) is 21.7. The molecule has 3 aromatic rings. The number of aromatic nitrogens is 1. The Morgan fingerprint density at radius 1 is 1.08 bits per heavy atom. The summed E-state index contributed by atoms with van der Waals surface area (Å²) >= 11 is 14.0. The van der Waals surface area contributed by atoms with Crippen LogP contribution in [0.2, 0.25) is 0 Å². The Morgan fingerprint density at radius 2 is 1.78 bits per heavy atom. The molecular weight excluding hydrogens is 523 g/mol. The van der Waals surface area contributed by atoms with Crippen molar-refractivity contribution in [2.45, 2.75) is 36.5 Å². The van der Waals surface area contributed by atoms with Gasteiger partial charge < -0.3 is 11.1 Å². The molecule has 1 unspecified atom stereocenters. The normalized spacial score (nSPS) is 14.7. The smallest absolute Gasteiger partial charge is 0.251 e. The number of carbonyl (C=O) groups excluding carboxylic acids is 1. The third kappa shape index (κ3) is 6.09. The van der Waals surface area contributed by atoms with Gasteiger partial charge >= 0.3 is 0 Å². The summed E-state index contributed by atoms with van der Waals surface area (Å²) in [5, 5.41) is 3.21. The van der Waals surface area contributed by atoms with Gasteiger partial charge in [-0.05, 0) is 54.8 Å². The van der Waals surface area contributed by atoms with Gasteiger partial charge in [-0.3, -0.25) is 4.79 Å². The van der Waals surface area contributed by atoms with Crippen molar-refractivity contribution in [3.8, 4) is 11.1 Å². The summed E-state index contributed by atoms with van der Waals surface area (Å²) in [5.41, 5.74) is 9.66. The number of nitrogens with two attached hydrogens (primary N) is 1. The highest BCUT2D eigenvalue weighted by atomic mass is 35.5. The number of nitrogen functional groups attached to an aromatic ring is 1. The van der Waals surface area contributed by atoms with Gasteiger partial charge in [0.25, 0.3) is 5.91 Å². The molecule has 1 atom stereocenters. The Morgan fingerprint density at radius 3 is 2.47 bits per heavy atom. The van der Waals surface area contributed by atoms with Crippen molar-refractivity contribution in [3.05, 3.63) is 99.2 Å². The molecule has 36 heavy (non-hydrogen) atoms. The zero-order valence-electron chi connectivity index (χ0n) is 19.3. The molecule has 1 amide bonds. The number of hydrogen-bond donors (Lipinski definition) is 2. The van der Waals surface area contributed by atoms with Crippen LogP contribution in [0.5, 0.6) is 0 Å². The van der Waals surface area contributed by atoms with Gasteiger partial charge in [-0.2, -0.15) is 0 Å². The number of carbonyl (C=O) groups is 1. The van der Waals surface area contributed by atoms with Gasteiger partial charge in [-0.25, -0.2) is 13.8 Å². The van der Waals surface area contributed by atoms with Crippen LogP contribution in [-0.2, 0) is 6.54 Å². The molecule has 4 nitrogen and oxygen atoms in total. The van der Waals surface area contributed by atoms with E-state index >= 15 is 0 Å². The second-order valence-electron chi connectivity index (χ2n) is 8.29. The van der Waals surface area contributed by atoms with Crippen LogP contribution in [0.1, 0.15) is 35.7 Å². The van der Waals surface area contributed by atoms with Crippen molar-refractivity contribution < 1.29 is 13.6 Å². The Hall–Kier alpha value is -2.87. The number of pyridine rings is 1. The number of benzene rings is 2. The van der Waals surface area contributed by atoms with Gasteiger partial charge in [-0.1, -0.05) is 47.5 Å². The predicted molar refractivity (Wildman–Crippen MR) is 143 cm³/mol. The first kappa shape index (κ1) is 26.2. The van der Waals surface area contributed by atoms with Crippen LogP contribution in [0, 0.1) is 5.82 Å². The summed E-state index contributed by atoms with van der Waals surface area (Å²) in [6.45, 7) is 2.19. The molecule has 0 saturated carbocycles. The van der Waals surface area contributed by atoms with Crippen molar-refractivity contribution in [2.75, 3.05) is 5.73 Å². The molecule has 1 heterocycles. The molecule has 0 spiro atoms. The summed E-state index contributed by atoms with van der Waals surface area (Å²) < 4.78 is 27.1. The topological polar surface area (TPSA) is 68.0 Å². The number of allylic oxidation sites excluding steroid dienone is 3. The fourth-order valence-electron chi connectivity index (χ4n) is 3.79. The summed E-state index contributed by atoms with van der Waals surface area (Å²) in [4.78, 5) is 17.5. The minimum atomic E-state index is -0.356. The third-order valence-electron chi connectivity index (χ3n) is 5.77. The first-order valence-electron chi connectivity index (χ1n) is 11.2. The third-order valence-corrected chi connectivity index (χ3v) is 7.74. The fraction of sp³-hybridized carbons (Fsp3) is 0.185. The largest absolute Gasteiger partial charge is 0.383 e. The fourth-order valence-corrected chi connectivity index (χ4v) is 5.82. The first-order chi connectivity index (χ1) is 17.2. The minimum absolute atomic E-state index is 0.0715. The van der Waals surface area contributed by atoms with E-state index in [-0.39, 0.29) is 34.3 Å². The van der Waals surface area contributed by atoms with E-state index in [1.807, 2.05) is 25.1 Å². The maximum Gasteiger partial charge on any atom is 0.251 e. The summed E-state index contributed by atoms with van der Waals surface area (Å²) in [7, 11) is 0. The lowest BCUT2D eigenvalue weighted by Gasteiger charge is -2.22. The van der Waals surface area contributed by atoms with Gasteiger partial charge in [0.2, 0.25) is 0 Å². The number of thioether (sulfide) groups is 1. The summed E-state index contributed by atoms with van der Waals surface area (Å²) in [5.74, 6) is -0.565. The minimum Gasteiger partial charge on any atom is -0.383 e. The number of nitrogens with zero attached hydrogens (tertiary/aromatic N) is 1. The molecule has 2 aromatic carbocycles. The van der Waals surface area contributed by atoms with Crippen LogP contribution in [-0.4, -0.2) is 16.1 Å². The van der Waals surface area contributed by atoms with E-state index in [0.29, 0.717) is 39.8 Å². The highest BCUT2D eigenvalue weighted by molar-refractivity contribution is 8.00. The number of hydrogen-bond acceptors (Lipinski definition) is 4. The quantitative estimate of drug-likeness (QED) is 0.300. The predicted octanol–water partition coefficient (Wildman–Crippen LogP) is 7.59. The van der Waals surface area contributed by atoms with E-state index < -0.39 is 0 Å². The summed E-state index contributed by atoms with van der Waals surface area (Å²) in [6, 6.07) is 15.0. The second-order valence-corrected chi connectivity index (χ2v) is 10.5. The van der Waals surface area contributed by atoms with Crippen molar-refractivity contribution in [1.82, 2.24) is 10.3 Å². The maximum absolute atomic E-state index is 14.1. The first-order valence-corrected chi connectivity index (χ1v) is 12.8. The molecule has 0 saturated heterocycles. The molecule has 0 bridgehead atoms. The van der Waals surface area contributed by atoms with Crippen LogP contribution < -0.4 is 11.1 Å². The molecule has 186 valence electrons. The van der Waals surface area contributed by atoms with Gasteiger partial charge in [0, 0.05) is 46.1 Å². The molecule has 9 heteroatoms. The van der Waals surface area contributed by atoms with Crippen molar-refractivity contribution in [2.24, 2.45) is 0 Å². The van der Waals surface area contributed by atoms with E-state index in [1.165, 1.54) is 23.9 Å². The number of halogens is 4. The van der Waals surface area contributed by atoms with Gasteiger partial charge in [-0.15, -0.1) is 11.8 Å². The lowest BCUT2D eigenvalue weighted by atomic mass is 10.0. The van der Waals surface area contributed by atoms with Crippen LogP contribution in [0.15, 0.2) is 87.2 Å². The molecule has 3 N–H and O–H groups in total. The number of rotatable bonds is 7. The number of amides is 1. The van der Waals surface area contributed by atoms with Gasteiger partial charge in [0.05, 0.1) is 9.93 Å². The highest BCUT2D eigenvalue weighted by Gasteiger charge is 2.25. The summed E-state index contributed by atoms with van der Waals surface area (Å²) in [6.07, 6.45) is 2.28. The van der Waals surface area contributed by atoms with Crippen molar-refractivity contribution in [1.29, 1.82) is 0 Å². The average Bonchev–Trinajstić information content (AvgIpc) is 2.87. The SMILES string of the molecule is CC(Sc1cc(-c2ccc(C(=O)NCc3ccc(F)cc3)cc2)cnc1N)C1=C(Cl)CCC(F)=C1Cl. The van der Waals surface area contributed by atoms with Crippen LogP contribution in [0.3, 0.4) is 0 Å². The lowest BCUT2D eigenvalue weighted by Crippen LogP contribution is -2.22. The van der Waals surface area contributed by atoms with Crippen LogP contribution in [0.4, 0.5) is 14.6 Å². The Labute approximate surface area is 222 Å². The molecule has 1 aliphatic carbocycles. The average molecular weight is 546 g/mol. The van der Waals surface area contributed by atoms with Crippen molar-refractivity contribution >= 4 is 46.7 Å². The van der Waals surface area contributed by atoms with E-state index in [4.69, 9.17) is 28.9 Å². The Balaban J connectivity index is 1.46. The lowest BCUT2D eigenvalue weighted by molar-refractivity contribution is 0.0951. The van der Waals surface area contributed by atoms with Crippen LogP contribution >= 0.6 is 35.0 Å². The molecule has 0 radical (unpaired) electrons. The molecular formula is C27H23Cl2F2N3OS. The Kier molecular flexibility index (Phi) is 8.34. The molecule has 0 fully saturated rings. The van der Waals surface area contributed by atoms with E-state index in [2.05, 4.69) is 10.3 Å². The van der Waals surface area contributed by atoms with E-state index in [0.717, 1.165) is 16.7 Å². The van der Waals surface area contributed by atoms with Gasteiger partial charge in [0.1, 0.15) is 17.5 Å². The van der Waals surface area contributed by atoms with Gasteiger partial charge in [0.15, 0.2) is 0 Å². The molecule has 1 aliphatic rings. The van der Waals surface area contributed by atoms with Crippen molar-refractivity contribution in [3.63, 3.8) is 0 Å². The van der Waals surface area contributed by atoms with Crippen LogP contribution in [0.25, 0.3) is 11.1 Å². The number of anilines is 1. The highest BCUT2D eigenvalue weighted by Crippen LogP contribution is 2.43. The monoisotopic (exact) mass is 545 g/mol. The molecule has 1 aromatic heterocycles. The standard InChI is InChI=1S/C27H23Cl2F2N3OS/c1-15(24-21(28)10-11-22(31)25(24)29)36-23-12-19(14-33-26(23)32)17-4-6-18(7-5-17)27(35)34-13-16-2-8-20(30)9-3-16/h2-9,12,14-15H,10-11,13H2,1H3,(H2,32,33)(H,34,35). The molecule has 4 rings (SSSR count). The van der Waals surface area contributed by atoms with E-state index in [1.54, 1.807) is 30.5 Å². The second kappa shape index (κ2) is 11.5.